The molecule has 0 fully saturated rings. The molecule has 5 rings (SSSR count). The predicted molar refractivity (Wildman–Crippen MR) is 123 cm³/mol. The van der Waals surface area contributed by atoms with Gasteiger partial charge in [0, 0.05) is 19.6 Å². The largest absolute Gasteiger partial charge is 0.501 e. The number of carbonyl (C=O) groups is 2. The Morgan fingerprint density at radius 3 is 2.28 bits per heavy atom. The molecule has 186 valence electrons. The molecule has 9 nitrogen and oxygen atoms in total. The Bertz CT molecular complexity index is 1410. The fraction of sp³-hybridized carbons (Fsp3) is 0.280. The fourth-order valence-corrected chi connectivity index (χ4v) is 5.27. The maximum atomic E-state index is 13.5. The van der Waals surface area contributed by atoms with E-state index in [1.807, 2.05) is 0 Å². The van der Waals surface area contributed by atoms with E-state index in [4.69, 9.17) is 0 Å². The van der Waals surface area contributed by atoms with Crippen molar-refractivity contribution in [2.24, 2.45) is 0 Å². The molecule has 2 aliphatic rings. The molecule has 3 N–H and O–H groups in total. The summed E-state index contributed by atoms with van der Waals surface area (Å²) in [6, 6.07) is 11.0. The number of amides is 2. The minimum atomic E-state index is -1.27. The zero-order valence-electron chi connectivity index (χ0n) is 18.9. The van der Waals surface area contributed by atoms with Crippen LogP contribution in [-0.2, 0) is 18.4 Å². The summed E-state index contributed by atoms with van der Waals surface area (Å²) >= 11 is 0. The van der Waals surface area contributed by atoms with Gasteiger partial charge in [0.15, 0.2) is 5.69 Å². The Hall–Kier alpha value is -4.28. The number of aromatic nitrogens is 2. The summed E-state index contributed by atoms with van der Waals surface area (Å²) in [5.74, 6) is -2.01. The van der Waals surface area contributed by atoms with E-state index in [1.165, 1.54) is 33.7 Å². The van der Waals surface area contributed by atoms with Crippen LogP contribution < -0.4 is 10.9 Å². The van der Waals surface area contributed by atoms with E-state index in [0.717, 1.165) is 0 Å². The van der Waals surface area contributed by atoms with Gasteiger partial charge in [-0.25, -0.2) is 13.6 Å². The van der Waals surface area contributed by atoms with Crippen LogP contribution in [0.4, 0.5) is 13.6 Å². The molecule has 0 saturated carbocycles. The number of carboxylic acid groups (broad SMARTS) is 1. The Kier molecular flexibility index (Phi) is 5.70. The van der Waals surface area contributed by atoms with Crippen LogP contribution >= 0.6 is 0 Å². The second kappa shape index (κ2) is 8.74. The lowest BCUT2D eigenvalue weighted by atomic mass is 9.78. The summed E-state index contributed by atoms with van der Waals surface area (Å²) in [4.78, 5) is 43.1. The molecule has 0 spiro atoms. The molecular weight excluding hydrogens is 474 g/mol. The van der Waals surface area contributed by atoms with Crippen LogP contribution in [0.2, 0.25) is 0 Å². The van der Waals surface area contributed by atoms with Crippen molar-refractivity contribution >= 4 is 12.0 Å². The van der Waals surface area contributed by atoms with Crippen LogP contribution in [0.5, 0.6) is 5.75 Å². The topological polar surface area (TPSA) is 125 Å². The minimum absolute atomic E-state index is 0.112. The highest BCUT2D eigenvalue weighted by molar-refractivity contribution is 5.96. The molecule has 2 amide bonds. The Balaban J connectivity index is 1.59. The highest BCUT2D eigenvalue weighted by atomic mass is 19.1. The third kappa shape index (κ3) is 4.06. The van der Waals surface area contributed by atoms with Gasteiger partial charge in [-0.05, 0) is 48.2 Å². The third-order valence-electron chi connectivity index (χ3n) is 6.81. The molecule has 0 radical (unpaired) electrons. The second-order valence-corrected chi connectivity index (χ2v) is 9.22. The van der Waals surface area contributed by atoms with Crippen molar-refractivity contribution < 1.29 is 28.6 Å². The molecule has 0 aliphatic carbocycles. The standard InChI is InChI=1S/C25H22F2N4O5/c26-16-5-1-14(2-6-16)9-25(13-28-24(35)36)10-18-12-30(11-15-3-7-17(27)8-4-15)22(34)19-20(32)21(33)29-23(25)31(18)19/h1-8,18,28,32H,9-13H2,(H,35,36). The van der Waals surface area contributed by atoms with Gasteiger partial charge in [-0.15, -0.1) is 0 Å². The molecule has 0 bridgehead atoms. The summed E-state index contributed by atoms with van der Waals surface area (Å²) in [5.41, 5.74) is -0.882. The number of hydrogen-bond acceptors (Lipinski definition) is 5. The van der Waals surface area contributed by atoms with Gasteiger partial charge in [-0.3, -0.25) is 9.59 Å². The zero-order chi connectivity index (χ0) is 25.6. The van der Waals surface area contributed by atoms with Crippen LogP contribution in [0, 0.1) is 11.6 Å². The van der Waals surface area contributed by atoms with Gasteiger partial charge in [0.05, 0.1) is 11.5 Å². The molecular formula is C25H22F2N4O5. The lowest BCUT2D eigenvalue weighted by Gasteiger charge is -2.34. The first-order chi connectivity index (χ1) is 17.2. The van der Waals surface area contributed by atoms with E-state index in [9.17, 15) is 33.4 Å². The van der Waals surface area contributed by atoms with Crippen molar-refractivity contribution in [2.75, 3.05) is 13.1 Å². The highest BCUT2D eigenvalue weighted by Crippen LogP contribution is 2.46. The molecule has 3 aromatic rings. The fourth-order valence-electron chi connectivity index (χ4n) is 5.27. The second-order valence-electron chi connectivity index (χ2n) is 9.22. The van der Waals surface area contributed by atoms with Crippen molar-refractivity contribution in [1.29, 1.82) is 0 Å². The van der Waals surface area contributed by atoms with E-state index in [2.05, 4.69) is 10.3 Å². The number of aromatic hydroxyl groups is 1. The summed E-state index contributed by atoms with van der Waals surface area (Å²) in [6.07, 6.45) is -0.748. The molecule has 0 saturated heterocycles. The van der Waals surface area contributed by atoms with E-state index >= 15 is 0 Å². The van der Waals surface area contributed by atoms with Gasteiger partial charge < -0.3 is 25.0 Å². The van der Waals surface area contributed by atoms with Crippen LogP contribution in [0.3, 0.4) is 0 Å². The Morgan fingerprint density at radius 1 is 1.06 bits per heavy atom. The number of rotatable bonds is 6. The predicted octanol–water partition coefficient (Wildman–Crippen LogP) is 2.58. The molecule has 3 heterocycles. The van der Waals surface area contributed by atoms with Crippen molar-refractivity contribution in [3.8, 4) is 5.75 Å². The summed E-state index contributed by atoms with van der Waals surface area (Å²) in [6.45, 7) is 0.219. The first-order valence-corrected chi connectivity index (χ1v) is 11.3. The zero-order valence-corrected chi connectivity index (χ0v) is 18.9. The van der Waals surface area contributed by atoms with Gasteiger partial charge in [0.25, 0.3) is 5.91 Å². The first-order valence-electron chi connectivity index (χ1n) is 11.3. The number of halogens is 2. The van der Waals surface area contributed by atoms with Gasteiger partial charge in [-0.1, -0.05) is 24.3 Å². The number of nitrogens with zero attached hydrogens (tertiary/aromatic N) is 3. The maximum Gasteiger partial charge on any atom is 0.404 e. The van der Waals surface area contributed by atoms with Crippen molar-refractivity contribution in [2.45, 2.75) is 30.8 Å². The van der Waals surface area contributed by atoms with E-state index in [0.29, 0.717) is 17.5 Å². The van der Waals surface area contributed by atoms with E-state index < -0.39 is 46.4 Å². The van der Waals surface area contributed by atoms with E-state index in [1.54, 1.807) is 24.3 Å². The summed E-state index contributed by atoms with van der Waals surface area (Å²) < 4.78 is 28.4. The highest BCUT2D eigenvalue weighted by Gasteiger charge is 2.51. The normalized spacial score (nSPS) is 20.3. The van der Waals surface area contributed by atoms with Crippen LogP contribution in [0.25, 0.3) is 0 Å². The SMILES string of the molecule is O=C(O)NCC1(Cc2ccc(F)cc2)CC2CN(Cc3ccc(F)cc3)C(=O)c3c(O)c(=O)nc1n32. The molecule has 11 heteroatoms. The first kappa shape index (κ1) is 23.5. The maximum absolute atomic E-state index is 13.5. The molecule has 2 unspecified atom stereocenters. The number of hydrogen-bond donors (Lipinski definition) is 3. The van der Waals surface area contributed by atoms with E-state index in [-0.39, 0.29) is 37.6 Å². The number of benzene rings is 2. The lowest BCUT2D eigenvalue weighted by Crippen LogP contribution is -2.43. The number of nitrogens with one attached hydrogen (secondary N) is 1. The monoisotopic (exact) mass is 496 g/mol. The Labute approximate surface area is 203 Å². The van der Waals surface area contributed by atoms with Crippen molar-refractivity contribution in [3.05, 3.63) is 93.2 Å². The van der Waals surface area contributed by atoms with Crippen LogP contribution in [0.1, 0.15) is 39.9 Å². The quantitative estimate of drug-likeness (QED) is 0.482. The van der Waals surface area contributed by atoms with Crippen molar-refractivity contribution in [1.82, 2.24) is 19.8 Å². The third-order valence-corrected chi connectivity index (χ3v) is 6.81. The number of carbonyl (C=O) groups excluding carboxylic acids is 1. The Morgan fingerprint density at radius 2 is 1.67 bits per heavy atom. The summed E-state index contributed by atoms with van der Waals surface area (Å²) in [5, 5.41) is 22.3. The van der Waals surface area contributed by atoms with Gasteiger partial charge in [0.1, 0.15) is 17.5 Å². The lowest BCUT2D eigenvalue weighted by molar-refractivity contribution is 0.0647. The molecule has 1 aromatic heterocycles. The van der Waals surface area contributed by atoms with Gasteiger partial charge in [0.2, 0.25) is 5.75 Å². The summed E-state index contributed by atoms with van der Waals surface area (Å²) in [7, 11) is 0. The average molecular weight is 496 g/mol. The molecule has 2 aliphatic heterocycles. The smallest absolute Gasteiger partial charge is 0.404 e. The van der Waals surface area contributed by atoms with Gasteiger partial charge >= 0.3 is 11.7 Å². The molecule has 2 aromatic carbocycles. The van der Waals surface area contributed by atoms with Crippen molar-refractivity contribution in [3.63, 3.8) is 0 Å². The molecule has 2 atom stereocenters. The van der Waals surface area contributed by atoms with Gasteiger partial charge in [-0.2, -0.15) is 4.98 Å². The molecule has 36 heavy (non-hydrogen) atoms. The minimum Gasteiger partial charge on any atom is -0.501 e. The van der Waals surface area contributed by atoms with Crippen LogP contribution in [-0.4, -0.2) is 49.8 Å². The average Bonchev–Trinajstić information content (AvgIpc) is 3.13. The van der Waals surface area contributed by atoms with Crippen LogP contribution in [0.15, 0.2) is 53.3 Å².